The van der Waals surface area contributed by atoms with Gasteiger partial charge >= 0.3 is 12.1 Å². The topological polar surface area (TPSA) is 115 Å². The van der Waals surface area contributed by atoms with Gasteiger partial charge in [0.1, 0.15) is 0 Å². The third-order valence-electron chi connectivity index (χ3n) is 5.84. The van der Waals surface area contributed by atoms with E-state index < -0.39 is 12.1 Å². The van der Waals surface area contributed by atoms with Gasteiger partial charge in [-0.15, -0.1) is 0 Å². The minimum absolute atomic E-state index is 0.00570. The Morgan fingerprint density at radius 3 is 2.56 bits per heavy atom. The first-order chi connectivity index (χ1) is 15.9. The Morgan fingerprint density at radius 2 is 1.88 bits per heavy atom. The van der Waals surface area contributed by atoms with Crippen molar-refractivity contribution in [1.82, 2.24) is 15.2 Å². The lowest BCUT2D eigenvalue weighted by atomic mass is 9.97. The first-order valence-electron chi connectivity index (χ1n) is 10.8. The number of H-pyrrole nitrogens is 1. The van der Waals surface area contributed by atoms with Crippen molar-refractivity contribution in [1.29, 1.82) is 0 Å². The molecule has 2 aliphatic heterocycles. The number of carbonyl (C=O) groups excluding carboxylic acids is 1. The molecule has 2 aromatic rings. The molecule has 34 heavy (non-hydrogen) atoms. The van der Waals surface area contributed by atoms with Gasteiger partial charge in [-0.25, -0.2) is 4.79 Å². The molecule has 0 spiro atoms. The van der Waals surface area contributed by atoms with E-state index in [-0.39, 0.29) is 17.5 Å². The van der Waals surface area contributed by atoms with Gasteiger partial charge in [0.2, 0.25) is 5.91 Å². The number of carboxylic acid groups (broad SMARTS) is 1. The van der Waals surface area contributed by atoms with E-state index in [1.807, 2.05) is 18.2 Å². The van der Waals surface area contributed by atoms with Crippen LogP contribution < -0.4 is 16.2 Å². The van der Waals surface area contributed by atoms with Gasteiger partial charge in [0.25, 0.3) is 5.56 Å². The third kappa shape index (κ3) is 6.45. The van der Waals surface area contributed by atoms with Crippen molar-refractivity contribution in [3.8, 4) is 0 Å². The number of carboxylic acids is 1. The lowest BCUT2D eigenvalue weighted by molar-refractivity contribution is -0.192. The quantitative estimate of drug-likeness (QED) is 0.535. The molecule has 1 aromatic carbocycles. The van der Waals surface area contributed by atoms with Crippen molar-refractivity contribution in [3.63, 3.8) is 0 Å². The number of hydrogen-bond acceptors (Lipinski definition) is 5. The fraction of sp³-hybridized carbons (Fsp3) is 0.435. The molecule has 1 unspecified atom stereocenters. The molecule has 184 valence electrons. The monoisotopic (exact) mass is 480 g/mol. The predicted octanol–water partition coefficient (Wildman–Crippen LogP) is 2.73. The van der Waals surface area contributed by atoms with E-state index in [0.29, 0.717) is 13.0 Å². The molecular formula is C23H27F3N4O4. The van der Waals surface area contributed by atoms with E-state index in [1.54, 1.807) is 0 Å². The van der Waals surface area contributed by atoms with Gasteiger partial charge in [0.05, 0.1) is 0 Å². The van der Waals surface area contributed by atoms with Crippen LogP contribution in [0, 0.1) is 0 Å². The van der Waals surface area contributed by atoms with E-state index in [2.05, 4.69) is 40.6 Å². The molecule has 4 rings (SSSR count). The molecule has 11 heteroatoms. The number of aromatic nitrogens is 1. The Labute approximate surface area is 194 Å². The molecule has 1 atom stereocenters. The van der Waals surface area contributed by atoms with Gasteiger partial charge in [0, 0.05) is 55.5 Å². The summed E-state index contributed by atoms with van der Waals surface area (Å²) >= 11 is 0. The van der Waals surface area contributed by atoms with Gasteiger partial charge in [-0.3, -0.25) is 9.59 Å². The van der Waals surface area contributed by atoms with Crippen molar-refractivity contribution >= 4 is 17.6 Å². The number of hydrogen-bond donors (Lipinski definition) is 4. The maximum absolute atomic E-state index is 12.4. The number of nitrogens with one attached hydrogen (secondary N) is 3. The van der Waals surface area contributed by atoms with E-state index in [9.17, 15) is 22.8 Å². The second-order valence-corrected chi connectivity index (χ2v) is 8.49. The maximum Gasteiger partial charge on any atom is 0.490 e. The number of nitrogens with zero attached hydrogens (tertiary/aromatic N) is 1. The van der Waals surface area contributed by atoms with E-state index in [4.69, 9.17) is 9.90 Å². The summed E-state index contributed by atoms with van der Waals surface area (Å²) in [6.45, 7) is 4.49. The summed E-state index contributed by atoms with van der Waals surface area (Å²) < 4.78 is 31.7. The zero-order valence-corrected chi connectivity index (χ0v) is 18.9. The average molecular weight is 480 g/mol. The average Bonchev–Trinajstić information content (AvgIpc) is 2.77. The maximum atomic E-state index is 12.4. The highest BCUT2D eigenvalue weighted by atomic mass is 19.4. The van der Waals surface area contributed by atoms with Crippen molar-refractivity contribution in [2.24, 2.45) is 0 Å². The zero-order valence-electron chi connectivity index (χ0n) is 18.9. The second kappa shape index (κ2) is 10.4. The normalized spacial score (nSPS) is 16.4. The zero-order chi connectivity index (χ0) is 25.0. The van der Waals surface area contributed by atoms with E-state index in [1.165, 1.54) is 16.7 Å². The number of likely N-dealkylation sites (N-methyl/N-ethyl adjacent to an activating group) is 1. The standard InChI is InChI=1S/C21H26N4O2.C2HF3O2/c1-13(14-3-5-18-15(9-14)4-6-20(26)23-18)22-11-16-10-17-12-25(2)8-7-19(17)24-21(16)27;3-2(4,5)1(6)7/h3,5,9-10,13,22H,4,6-8,11-12H2,1-2H3,(H,23,26)(H,24,27);(H,6,7). The first kappa shape index (κ1) is 25.4. The number of aliphatic carboxylic acids is 1. The van der Waals surface area contributed by atoms with Gasteiger partial charge in [-0.1, -0.05) is 12.1 Å². The SMILES string of the molecule is CC(NCc1cc2c([nH]c1=O)CCN(C)C2)c1ccc2c(c1)CCC(=O)N2.O=C(O)C(F)(F)F. The lowest BCUT2D eigenvalue weighted by Crippen LogP contribution is -2.31. The molecule has 0 saturated heterocycles. The predicted molar refractivity (Wildman–Crippen MR) is 119 cm³/mol. The number of fused-ring (bicyclic) bond motifs is 2. The number of halogens is 3. The molecule has 0 aliphatic carbocycles. The van der Waals surface area contributed by atoms with Crippen LogP contribution >= 0.6 is 0 Å². The number of anilines is 1. The number of aromatic amines is 1. The fourth-order valence-electron chi connectivity index (χ4n) is 3.88. The van der Waals surface area contributed by atoms with Crippen LogP contribution in [0.4, 0.5) is 18.9 Å². The summed E-state index contributed by atoms with van der Waals surface area (Å²) in [4.78, 5) is 38.1. The van der Waals surface area contributed by atoms with Crippen LogP contribution in [0.15, 0.2) is 29.1 Å². The Bertz CT molecular complexity index is 1130. The van der Waals surface area contributed by atoms with Crippen molar-refractivity contribution in [3.05, 3.63) is 62.6 Å². The summed E-state index contributed by atoms with van der Waals surface area (Å²) in [5.74, 6) is -2.67. The molecule has 2 aliphatic rings. The molecule has 8 nitrogen and oxygen atoms in total. The number of alkyl halides is 3. The molecular weight excluding hydrogens is 453 g/mol. The Kier molecular flexibility index (Phi) is 7.78. The molecule has 1 aromatic heterocycles. The molecule has 0 radical (unpaired) electrons. The minimum Gasteiger partial charge on any atom is -0.475 e. The molecule has 0 saturated carbocycles. The summed E-state index contributed by atoms with van der Waals surface area (Å²) in [5.41, 5.74) is 6.34. The van der Waals surface area contributed by atoms with Gasteiger partial charge in [-0.2, -0.15) is 13.2 Å². The van der Waals surface area contributed by atoms with Crippen LogP contribution in [0.1, 0.15) is 47.3 Å². The fourth-order valence-corrected chi connectivity index (χ4v) is 3.88. The van der Waals surface area contributed by atoms with Crippen LogP contribution in [-0.2, 0) is 35.5 Å². The highest BCUT2D eigenvalue weighted by molar-refractivity contribution is 5.93. The smallest absolute Gasteiger partial charge is 0.475 e. The number of amides is 1. The minimum atomic E-state index is -5.08. The molecule has 4 N–H and O–H groups in total. The summed E-state index contributed by atoms with van der Waals surface area (Å²) in [5, 5.41) is 13.5. The van der Waals surface area contributed by atoms with Gasteiger partial charge in [0.15, 0.2) is 0 Å². The molecule has 1 amide bonds. The Morgan fingerprint density at radius 1 is 1.18 bits per heavy atom. The highest BCUT2D eigenvalue weighted by Crippen LogP contribution is 2.26. The number of rotatable bonds is 4. The van der Waals surface area contributed by atoms with Crippen molar-refractivity contribution in [2.45, 2.75) is 51.5 Å². The highest BCUT2D eigenvalue weighted by Gasteiger charge is 2.38. The summed E-state index contributed by atoms with van der Waals surface area (Å²) in [6, 6.07) is 8.33. The van der Waals surface area contributed by atoms with Crippen LogP contribution in [0.3, 0.4) is 0 Å². The number of benzene rings is 1. The second-order valence-electron chi connectivity index (χ2n) is 8.49. The first-order valence-corrected chi connectivity index (χ1v) is 10.8. The Hall–Kier alpha value is -3.18. The van der Waals surface area contributed by atoms with Crippen molar-refractivity contribution in [2.75, 3.05) is 18.9 Å². The summed E-state index contributed by atoms with van der Waals surface area (Å²) in [6.07, 6.45) is -2.87. The van der Waals surface area contributed by atoms with Crippen LogP contribution in [0.25, 0.3) is 0 Å². The lowest BCUT2D eigenvalue weighted by Gasteiger charge is -2.25. The molecule has 0 bridgehead atoms. The molecule has 3 heterocycles. The number of pyridine rings is 1. The van der Waals surface area contributed by atoms with Crippen LogP contribution in [0.2, 0.25) is 0 Å². The van der Waals surface area contributed by atoms with Crippen LogP contribution in [0.5, 0.6) is 0 Å². The van der Waals surface area contributed by atoms with Crippen LogP contribution in [-0.4, -0.2) is 46.6 Å². The number of carbonyl (C=O) groups is 2. The Balaban J connectivity index is 0.000000406. The van der Waals surface area contributed by atoms with Crippen molar-refractivity contribution < 1.29 is 27.9 Å². The van der Waals surface area contributed by atoms with E-state index in [0.717, 1.165) is 42.9 Å². The summed E-state index contributed by atoms with van der Waals surface area (Å²) in [7, 11) is 2.10. The largest absolute Gasteiger partial charge is 0.490 e. The third-order valence-corrected chi connectivity index (χ3v) is 5.84. The van der Waals surface area contributed by atoms with Gasteiger partial charge < -0.3 is 25.6 Å². The van der Waals surface area contributed by atoms with Gasteiger partial charge in [-0.05, 0) is 49.2 Å². The molecule has 0 fully saturated rings. The number of aryl methyl sites for hydroxylation is 1. The van der Waals surface area contributed by atoms with E-state index >= 15 is 0 Å².